The van der Waals surface area contributed by atoms with Gasteiger partial charge in [-0.25, -0.2) is 0 Å². The lowest BCUT2D eigenvalue weighted by Crippen LogP contribution is -2.51. The normalized spacial score (nSPS) is 21.5. The first-order valence-electron chi connectivity index (χ1n) is 11.8. The molecule has 0 radical (unpaired) electrons. The Hall–Kier alpha value is -2.24. The number of likely N-dealkylation sites (tertiary alicyclic amines) is 1. The van der Waals surface area contributed by atoms with E-state index in [9.17, 15) is 4.79 Å². The Balaban J connectivity index is 1.44. The van der Waals surface area contributed by atoms with Gasteiger partial charge in [0.15, 0.2) is 0 Å². The molecule has 31 heavy (non-hydrogen) atoms. The van der Waals surface area contributed by atoms with Crippen LogP contribution in [0.1, 0.15) is 44.6 Å². The quantitative estimate of drug-likeness (QED) is 0.732. The monoisotopic (exact) mass is 421 g/mol. The number of piperidine rings is 1. The van der Waals surface area contributed by atoms with Crippen LogP contribution in [0.2, 0.25) is 0 Å². The minimum atomic E-state index is -0.375. The van der Waals surface area contributed by atoms with E-state index in [0.717, 1.165) is 50.0 Å². The van der Waals surface area contributed by atoms with Crippen molar-refractivity contribution in [2.75, 3.05) is 32.8 Å². The third kappa shape index (κ3) is 5.34. The van der Waals surface area contributed by atoms with Gasteiger partial charge in [-0.2, -0.15) is 0 Å². The third-order valence-corrected chi connectivity index (χ3v) is 7.08. The van der Waals surface area contributed by atoms with Crippen LogP contribution in [0.15, 0.2) is 48.8 Å². The number of carbonyl (C=O) groups is 1. The molecule has 3 heterocycles. The summed E-state index contributed by atoms with van der Waals surface area (Å²) in [4.78, 5) is 20.2. The van der Waals surface area contributed by atoms with Gasteiger partial charge in [-0.1, -0.05) is 43.7 Å². The zero-order valence-electron chi connectivity index (χ0n) is 18.7. The topological polar surface area (TPSA) is 54.5 Å². The second-order valence-corrected chi connectivity index (χ2v) is 9.00. The van der Waals surface area contributed by atoms with E-state index in [1.165, 1.54) is 24.8 Å². The number of hydrogen-bond acceptors (Lipinski definition) is 4. The predicted octanol–water partition coefficient (Wildman–Crippen LogP) is 4.08. The fraction of sp³-hybridized carbons (Fsp3) is 0.538. The fourth-order valence-corrected chi connectivity index (χ4v) is 5.09. The third-order valence-electron chi connectivity index (χ3n) is 7.08. The summed E-state index contributed by atoms with van der Waals surface area (Å²) in [5, 5.41) is 3.34. The molecule has 1 atom stereocenters. The van der Waals surface area contributed by atoms with Crippen LogP contribution in [0.3, 0.4) is 0 Å². The van der Waals surface area contributed by atoms with Gasteiger partial charge in [0.1, 0.15) is 0 Å². The van der Waals surface area contributed by atoms with Crippen molar-refractivity contribution in [1.29, 1.82) is 0 Å². The summed E-state index contributed by atoms with van der Waals surface area (Å²) in [6, 6.07) is 13.1. The van der Waals surface area contributed by atoms with Crippen molar-refractivity contribution in [1.82, 2.24) is 15.2 Å². The number of nitrogens with one attached hydrogen (secondary N) is 1. The maximum absolute atomic E-state index is 13.5. The summed E-state index contributed by atoms with van der Waals surface area (Å²) >= 11 is 0. The number of likely N-dealkylation sites (N-methyl/N-ethyl adjacent to an activating group) is 1. The van der Waals surface area contributed by atoms with Gasteiger partial charge >= 0.3 is 0 Å². The molecule has 2 aromatic rings. The molecule has 166 valence electrons. The summed E-state index contributed by atoms with van der Waals surface area (Å²) < 4.78 is 5.62. The van der Waals surface area contributed by atoms with Gasteiger partial charge in [0.25, 0.3) is 0 Å². The van der Waals surface area contributed by atoms with E-state index in [2.05, 4.69) is 52.5 Å². The molecule has 0 bridgehead atoms. The minimum absolute atomic E-state index is 0.203. The Morgan fingerprint density at radius 3 is 2.68 bits per heavy atom. The molecular weight excluding hydrogens is 386 g/mol. The molecule has 5 nitrogen and oxygen atoms in total. The van der Waals surface area contributed by atoms with Crippen LogP contribution in [-0.2, 0) is 16.0 Å². The number of ether oxygens (including phenoxy) is 1. The SMILES string of the molecule is CCN1CCCC[C@H]1CNC(=O)C1(Cc2ccc(-c3cccnc3)cc2)CCOCC1. The van der Waals surface area contributed by atoms with E-state index >= 15 is 0 Å². The molecule has 1 amide bonds. The fourth-order valence-electron chi connectivity index (χ4n) is 5.09. The van der Waals surface area contributed by atoms with Gasteiger partial charge in [-0.05, 0) is 68.0 Å². The molecule has 0 unspecified atom stereocenters. The van der Waals surface area contributed by atoms with Crippen molar-refractivity contribution < 1.29 is 9.53 Å². The highest BCUT2D eigenvalue weighted by molar-refractivity contribution is 5.83. The summed E-state index contributed by atoms with van der Waals surface area (Å²) in [5.74, 6) is 0.203. The standard InChI is InChI=1S/C26H35N3O2/c1-2-29-15-4-3-7-24(29)20-28-25(30)26(12-16-31-17-13-26)18-21-8-10-22(11-9-21)23-6-5-14-27-19-23/h5-6,8-11,14,19,24H,2-4,7,12-13,15-18,20H2,1H3,(H,28,30)/t24-/m0/s1. The van der Waals surface area contributed by atoms with Gasteiger partial charge in [0, 0.05) is 38.2 Å². The highest BCUT2D eigenvalue weighted by atomic mass is 16.5. The van der Waals surface area contributed by atoms with E-state index in [1.807, 2.05) is 12.3 Å². The number of hydrogen-bond donors (Lipinski definition) is 1. The molecule has 1 aromatic heterocycles. The molecule has 2 aliphatic rings. The average molecular weight is 422 g/mol. The second-order valence-electron chi connectivity index (χ2n) is 9.00. The summed E-state index contributed by atoms with van der Waals surface area (Å²) in [5.41, 5.74) is 3.09. The Kier molecular flexibility index (Phi) is 7.36. The highest BCUT2D eigenvalue weighted by Crippen LogP contribution is 2.35. The first kappa shape index (κ1) is 22.0. The summed E-state index contributed by atoms with van der Waals surface area (Å²) in [7, 11) is 0. The molecule has 5 heteroatoms. The molecule has 2 saturated heterocycles. The number of amides is 1. The van der Waals surface area contributed by atoms with Gasteiger partial charge in [-0.3, -0.25) is 14.7 Å². The number of rotatable bonds is 7. The first-order valence-corrected chi connectivity index (χ1v) is 11.8. The number of nitrogens with zero attached hydrogens (tertiary/aromatic N) is 2. The van der Waals surface area contributed by atoms with Crippen molar-refractivity contribution in [3.63, 3.8) is 0 Å². The van der Waals surface area contributed by atoms with Gasteiger partial charge in [0.05, 0.1) is 5.41 Å². The van der Waals surface area contributed by atoms with Crippen LogP contribution in [-0.4, -0.2) is 54.7 Å². The number of aromatic nitrogens is 1. The van der Waals surface area contributed by atoms with E-state index in [1.54, 1.807) is 6.20 Å². The van der Waals surface area contributed by atoms with Crippen LogP contribution in [0, 0.1) is 5.41 Å². The Morgan fingerprint density at radius 2 is 1.97 bits per heavy atom. The van der Waals surface area contributed by atoms with Crippen molar-refractivity contribution in [2.45, 2.75) is 51.5 Å². The Bertz CT molecular complexity index is 831. The van der Waals surface area contributed by atoms with E-state index < -0.39 is 0 Å². The maximum atomic E-state index is 13.5. The first-order chi connectivity index (χ1) is 15.2. The molecule has 1 N–H and O–H groups in total. The van der Waals surface area contributed by atoms with Crippen LogP contribution in [0.25, 0.3) is 11.1 Å². The smallest absolute Gasteiger partial charge is 0.226 e. The second kappa shape index (κ2) is 10.4. The maximum Gasteiger partial charge on any atom is 0.226 e. The number of benzene rings is 1. The van der Waals surface area contributed by atoms with Crippen LogP contribution >= 0.6 is 0 Å². The van der Waals surface area contributed by atoms with Crippen molar-refractivity contribution in [3.05, 3.63) is 54.4 Å². The van der Waals surface area contributed by atoms with Crippen LogP contribution in [0.4, 0.5) is 0 Å². The molecule has 1 aromatic carbocycles. The Labute approximate surface area is 186 Å². The molecule has 0 aliphatic carbocycles. The zero-order chi connectivity index (χ0) is 21.5. The molecule has 0 spiro atoms. The van der Waals surface area contributed by atoms with E-state index in [-0.39, 0.29) is 11.3 Å². The van der Waals surface area contributed by atoms with Gasteiger partial charge in [-0.15, -0.1) is 0 Å². The predicted molar refractivity (Wildman–Crippen MR) is 124 cm³/mol. The Morgan fingerprint density at radius 1 is 1.16 bits per heavy atom. The van der Waals surface area contributed by atoms with Crippen LogP contribution < -0.4 is 5.32 Å². The largest absolute Gasteiger partial charge is 0.381 e. The lowest BCUT2D eigenvalue weighted by atomic mass is 9.74. The molecule has 2 aliphatic heterocycles. The molecule has 0 saturated carbocycles. The molecule has 4 rings (SSSR count). The van der Waals surface area contributed by atoms with Gasteiger partial charge < -0.3 is 10.1 Å². The average Bonchev–Trinajstić information content (AvgIpc) is 2.84. The highest BCUT2D eigenvalue weighted by Gasteiger charge is 2.40. The lowest BCUT2D eigenvalue weighted by Gasteiger charge is -2.38. The lowest BCUT2D eigenvalue weighted by molar-refractivity contribution is -0.137. The van der Waals surface area contributed by atoms with E-state index in [4.69, 9.17) is 4.74 Å². The molecule has 2 fully saturated rings. The van der Waals surface area contributed by atoms with Gasteiger partial charge in [0.2, 0.25) is 5.91 Å². The zero-order valence-corrected chi connectivity index (χ0v) is 18.7. The van der Waals surface area contributed by atoms with Crippen LogP contribution in [0.5, 0.6) is 0 Å². The molecular formula is C26H35N3O2. The number of carbonyl (C=O) groups excluding carboxylic acids is 1. The summed E-state index contributed by atoms with van der Waals surface area (Å²) in [6.07, 6.45) is 9.72. The van der Waals surface area contributed by atoms with Crippen molar-refractivity contribution >= 4 is 5.91 Å². The van der Waals surface area contributed by atoms with E-state index in [0.29, 0.717) is 19.3 Å². The van der Waals surface area contributed by atoms with Crippen molar-refractivity contribution in [2.24, 2.45) is 5.41 Å². The summed E-state index contributed by atoms with van der Waals surface area (Å²) in [6.45, 7) is 6.50. The van der Waals surface area contributed by atoms with Crippen molar-refractivity contribution in [3.8, 4) is 11.1 Å². The number of pyridine rings is 1. The minimum Gasteiger partial charge on any atom is -0.381 e.